The number of phenolic OH excluding ortho intramolecular Hbond substituents is 1. The predicted molar refractivity (Wildman–Crippen MR) is 81.0 cm³/mol. The zero-order valence-corrected chi connectivity index (χ0v) is 12.5. The van der Waals surface area contributed by atoms with Gasteiger partial charge in [0.15, 0.2) is 0 Å². The molecule has 3 nitrogen and oxygen atoms in total. The molecule has 0 amide bonds. The lowest BCUT2D eigenvalue weighted by Gasteiger charge is -2.10. The SMILES string of the molecule is OCc1cc(CNCc2cc(Cl)cc(Cl)c2O)ccc1F. The van der Waals surface area contributed by atoms with Crippen LogP contribution in [0.15, 0.2) is 30.3 Å². The minimum absolute atomic E-state index is 0.0104. The van der Waals surface area contributed by atoms with Gasteiger partial charge in [-0.3, -0.25) is 0 Å². The summed E-state index contributed by atoms with van der Waals surface area (Å²) in [5.41, 5.74) is 1.66. The molecule has 2 rings (SSSR count). The molecule has 0 saturated carbocycles. The summed E-state index contributed by atoms with van der Waals surface area (Å²) in [6, 6.07) is 7.63. The van der Waals surface area contributed by atoms with Crippen molar-refractivity contribution < 1.29 is 14.6 Å². The molecular weight excluding hydrogens is 316 g/mol. The van der Waals surface area contributed by atoms with Crippen LogP contribution in [0.25, 0.3) is 0 Å². The van der Waals surface area contributed by atoms with Gasteiger partial charge in [-0.1, -0.05) is 29.3 Å². The van der Waals surface area contributed by atoms with Crippen molar-refractivity contribution in [1.82, 2.24) is 5.32 Å². The Morgan fingerprint density at radius 3 is 2.52 bits per heavy atom. The van der Waals surface area contributed by atoms with Gasteiger partial charge in [0, 0.05) is 29.2 Å². The second-order valence-electron chi connectivity index (χ2n) is 4.58. The molecule has 112 valence electrons. The molecule has 0 aliphatic rings. The predicted octanol–water partition coefficient (Wildman–Crippen LogP) is 3.62. The first kappa shape index (κ1) is 16.0. The van der Waals surface area contributed by atoms with E-state index in [1.165, 1.54) is 12.1 Å². The molecule has 0 aromatic heterocycles. The molecule has 6 heteroatoms. The molecule has 0 fully saturated rings. The summed E-state index contributed by atoms with van der Waals surface area (Å²) in [6.07, 6.45) is 0. The van der Waals surface area contributed by atoms with E-state index in [9.17, 15) is 9.50 Å². The van der Waals surface area contributed by atoms with Crippen LogP contribution in [0, 0.1) is 5.82 Å². The van der Waals surface area contributed by atoms with Gasteiger partial charge in [0.25, 0.3) is 0 Å². The van der Waals surface area contributed by atoms with Crippen molar-refractivity contribution in [3.05, 3.63) is 62.9 Å². The highest BCUT2D eigenvalue weighted by Crippen LogP contribution is 2.31. The highest BCUT2D eigenvalue weighted by Gasteiger charge is 2.08. The van der Waals surface area contributed by atoms with E-state index in [2.05, 4.69) is 5.32 Å². The molecule has 0 aliphatic heterocycles. The van der Waals surface area contributed by atoms with Gasteiger partial charge in [0.1, 0.15) is 11.6 Å². The fraction of sp³-hybridized carbons (Fsp3) is 0.200. The number of nitrogens with one attached hydrogen (secondary N) is 1. The molecule has 0 atom stereocenters. The summed E-state index contributed by atoms with van der Waals surface area (Å²) < 4.78 is 13.3. The maximum atomic E-state index is 13.3. The van der Waals surface area contributed by atoms with Crippen LogP contribution < -0.4 is 5.32 Å². The number of hydrogen-bond donors (Lipinski definition) is 3. The highest BCUT2D eigenvalue weighted by molar-refractivity contribution is 6.35. The van der Waals surface area contributed by atoms with Crippen LogP contribution in [0.1, 0.15) is 16.7 Å². The Labute approximate surface area is 131 Å². The van der Waals surface area contributed by atoms with Gasteiger partial charge in [0.2, 0.25) is 0 Å². The van der Waals surface area contributed by atoms with E-state index in [1.54, 1.807) is 18.2 Å². The lowest BCUT2D eigenvalue weighted by atomic mass is 10.1. The lowest BCUT2D eigenvalue weighted by Crippen LogP contribution is -2.13. The molecular formula is C15H14Cl2FNO2. The molecule has 0 saturated heterocycles. The number of hydrogen-bond acceptors (Lipinski definition) is 3. The molecule has 2 aromatic rings. The largest absolute Gasteiger partial charge is 0.506 e. The van der Waals surface area contributed by atoms with Crippen LogP contribution >= 0.6 is 23.2 Å². The topological polar surface area (TPSA) is 52.5 Å². The second-order valence-corrected chi connectivity index (χ2v) is 5.43. The third kappa shape index (κ3) is 4.08. The molecule has 0 aliphatic carbocycles. The van der Waals surface area contributed by atoms with Crippen molar-refractivity contribution in [2.45, 2.75) is 19.7 Å². The van der Waals surface area contributed by atoms with E-state index in [0.717, 1.165) is 5.56 Å². The normalized spacial score (nSPS) is 10.9. The summed E-state index contributed by atoms with van der Waals surface area (Å²) in [4.78, 5) is 0. The standard InChI is InChI=1S/C15H14Cl2FNO2/c16-12-4-10(15(21)13(17)5-12)7-19-6-9-1-2-14(18)11(3-9)8-20/h1-5,19-21H,6-8H2. The lowest BCUT2D eigenvalue weighted by molar-refractivity contribution is 0.275. The highest BCUT2D eigenvalue weighted by atomic mass is 35.5. The van der Waals surface area contributed by atoms with Gasteiger partial charge in [-0.2, -0.15) is 0 Å². The average Bonchev–Trinajstić information content (AvgIpc) is 2.45. The molecule has 0 heterocycles. The number of rotatable bonds is 5. The first-order chi connectivity index (χ1) is 10.0. The van der Waals surface area contributed by atoms with E-state index < -0.39 is 5.82 Å². The monoisotopic (exact) mass is 329 g/mol. The quantitative estimate of drug-likeness (QED) is 0.785. The Balaban J connectivity index is 2.02. The molecule has 3 N–H and O–H groups in total. The van der Waals surface area contributed by atoms with Crippen molar-refractivity contribution in [1.29, 1.82) is 0 Å². The molecule has 2 aromatic carbocycles. The van der Waals surface area contributed by atoms with Crippen LogP contribution in [-0.2, 0) is 19.7 Å². The molecule has 0 bridgehead atoms. The first-order valence-corrected chi connectivity index (χ1v) is 7.02. The number of aliphatic hydroxyl groups excluding tert-OH is 1. The first-order valence-electron chi connectivity index (χ1n) is 6.27. The zero-order chi connectivity index (χ0) is 15.4. The number of aliphatic hydroxyl groups is 1. The van der Waals surface area contributed by atoms with Crippen LogP contribution in [-0.4, -0.2) is 10.2 Å². The third-order valence-electron chi connectivity index (χ3n) is 3.03. The number of halogens is 3. The maximum absolute atomic E-state index is 13.3. The minimum Gasteiger partial charge on any atom is -0.506 e. The number of aromatic hydroxyl groups is 1. The van der Waals surface area contributed by atoms with Crippen LogP contribution in [0.2, 0.25) is 10.0 Å². The average molecular weight is 330 g/mol. The van der Waals surface area contributed by atoms with Crippen molar-refractivity contribution in [2.24, 2.45) is 0 Å². The van der Waals surface area contributed by atoms with E-state index in [4.69, 9.17) is 28.3 Å². The van der Waals surface area contributed by atoms with Crippen molar-refractivity contribution in [2.75, 3.05) is 0 Å². The molecule has 0 radical (unpaired) electrons. The summed E-state index contributed by atoms with van der Waals surface area (Å²) in [5.74, 6) is -0.441. The number of phenols is 1. The minimum atomic E-state index is -0.430. The Hall–Kier alpha value is -1.33. The summed E-state index contributed by atoms with van der Waals surface area (Å²) in [7, 11) is 0. The Kier molecular flexibility index (Phi) is 5.42. The zero-order valence-electron chi connectivity index (χ0n) is 11.0. The molecule has 0 unspecified atom stereocenters. The van der Waals surface area contributed by atoms with E-state index in [-0.39, 0.29) is 22.9 Å². The second kappa shape index (κ2) is 7.09. The Bertz CT molecular complexity index is 650. The van der Waals surface area contributed by atoms with Crippen LogP contribution in [0.5, 0.6) is 5.75 Å². The fourth-order valence-corrected chi connectivity index (χ4v) is 2.49. The smallest absolute Gasteiger partial charge is 0.138 e. The number of benzene rings is 2. The van der Waals surface area contributed by atoms with Gasteiger partial charge < -0.3 is 15.5 Å². The maximum Gasteiger partial charge on any atom is 0.138 e. The van der Waals surface area contributed by atoms with Crippen molar-refractivity contribution in [3.63, 3.8) is 0 Å². The summed E-state index contributed by atoms with van der Waals surface area (Å²) in [5, 5.41) is 22.6. The van der Waals surface area contributed by atoms with E-state index in [1.807, 2.05) is 0 Å². The van der Waals surface area contributed by atoms with E-state index >= 15 is 0 Å². The fourth-order valence-electron chi connectivity index (χ4n) is 1.95. The molecule has 0 spiro atoms. The van der Waals surface area contributed by atoms with Crippen LogP contribution in [0.3, 0.4) is 0 Å². The van der Waals surface area contributed by atoms with Gasteiger partial charge in [-0.15, -0.1) is 0 Å². The van der Waals surface area contributed by atoms with Crippen molar-refractivity contribution in [3.8, 4) is 5.75 Å². The third-order valence-corrected chi connectivity index (χ3v) is 3.54. The Morgan fingerprint density at radius 2 is 1.81 bits per heavy atom. The van der Waals surface area contributed by atoms with Gasteiger partial charge in [0.05, 0.1) is 11.6 Å². The summed E-state index contributed by atoms with van der Waals surface area (Å²) in [6.45, 7) is 0.471. The van der Waals surface area contributed by atoms with E-state index in [0.29, 0.717) is 23.7 Å². The van der Waals surface area contributed by atoms with Gasteiger partial charge >= 0.3 is 0 Å². The van der Waals surface area contributed by atoms with Gasteiger partial charge in [-0.05, 0) is 29.8 Å². The Morgan fingerprint density at radius 1 is 1.05 bits per heavy atom. The summed E-state index contributed by atoms with van der Waals surface area (Å²) >= 11 is 11.7. The van der Waals surface area contributed by atoms with Crippen molar-refractivity contribution >= 4 is 23.2 Å². The van der Waals surface area contributed by atoms with Gasteiger partial charge in [-0.25, -0.2) is 4.39 Å². The molecule has 21 heavy (non-hydrogen) atoms. The van der Waals surface area contributed by atoms with Crippen LogP contribution in [0.4, 0.5) is 4.39 Å².